The van der Waals surface area contributed by atoms with Crippen molar-refractivity contribution < 1.29 is 4.79 Å². The first-order valence-corrected chi connectivity index (χ1v) is 7.23. The molecule has 0 aliphatic carbocycles. The maximum absolute atomic E-state index is 11.8. The van der Waals surface area contributed by atoms with Crippen LogP contribution in [0.5, 0.6) is 0 Å². The summed E-state index contributed by atoms with van der Waals surface area (Å²) in [5.74, 6) is -0.160. The summed E-state index contributed by atoms with van der Waals surface area (Å²) < 4.78 is 1.13. The largest absolute Gasteiger partial charge is 0.399 e. The van der Waals surface area contributed by atoms with E-state index in [2.05, 4.69) is 27.9 Å². The maximum Gasteiger partial charge on any atom is 0.248 e. The molecule has 3 nitrogen and oxygen atoms in total. The highest BCUT2D eigenvalue weighted by molar-refractivity contribution is 14.1. The summed E-state index contributed by atoms with van der Waals surface area (Å²) in [7, 11) is 0. The number of aryl methyl sites for hydroxylation is 1. The van der Waals surface area contributed by atoms with Crippen LogP contribution in [-0.4, -0.2) is 5.91 Å². The molecule has 0 bridgehead atoms. The Balaban J connectivity index is 2.03. The zero-order chi connectivity index (χ0) is 14.5. The molecule has 3 N–H and O–H groups in total. The number of hydrogen-bond acceptors (Lipinski definition) is 2. The number of nitrogens with two attached hydrogens (primary N) is 1. The van der Waals surface area contributed by atoms with Crippen LogP contribution in [0.4, 0.5) is 11.4 Å². The van der Waals surface area contributed by atoms with E-state index in [0.717, 1.165) is 14.8 Å². The van der Waals surface area contributed by atoms with Gasteiger partial charge in [-0.25, -0.2) is 0 Å². The molecule has 2 aromatic carbocycles. The van der Waals surface area contributed by atoms with Gasteiger partial charge in [0.15, 0.2) is 0 Å². The zero-order valence-electron chi connectivity index (χ0n) is 11.1. The third-order valence-corrected chi connectivity index (χ3v) is 3.94. The number of hydrogen-bond donors (Lipinski definition) is 2. The van der Waals surface area contributed by atoms with Crippen molar-refractivity contribution in [3.05, 3.63) is 63.2 Å². The van der Waals surface area contributed by atoms with Gasteiger partial charge < -0.3 is 11.1 Å². The SMILES string of the molecule is Cc1ccc(NC(=O)/C=C/c2cccc(N)c2)cc1I. The molecule has 1 amide bonds. The van der Waals surface area contributed by atoms with Gasteiger partial charge in [0.2, 0.25) is 5.91 Å². The fourth-order valence-corrected chi connectivity index (χ4v) is 2.20. The number of amides is 1. The minimum absolute atomic E-state index is 0.160. The number of anilines is 2. The molecule has 0 unspecified atom stereocenters. The van der Waals surface area contributed by atoms with Crippen molar-refractivity contribution in [1.29, 1.82) is 0 Å². The van der Waals surface area contributed by atoms with Crippen molar-refractivity contribution >= 4 is 45.9 Å². The molecular weight excluding hydrogens is 363 g/mol. The molecule has 0 heterocycles. The summed E-state index contributed by atoms with van der Waals surface area (Å²) in [4.78, 5) is 11.8. The van der Waals surface area contributed by atoms with Crippen molar-refractivity contribution in [2.45, 2.75) is 6.92 Å². The standard InChI is InChI=1S/C16H15IN2O/c1-11-5-7-14(10-15(11)17)19-16(20)8-6-12-3-2-4-13(18)9-12/h2-10H,18H2,1H3,(H,19,20)/b8-6+. The Hall–Kier alpha value is -1.82. The summed E-state index contributed by atoms with van der Waals surface area (Å²) in [5.41, 5.74) is 9.25. The van der Waals surface area contributed by atoms with Crippen LogP contribution < -0.4 is 11.1 Å². The minimum Gasteiger partial charge on any atom is -0.399 e. The number of rotatable bonds is 3. The molecule has 0 aliphatic rings. The molecular formula is C16H15IN2O. The molecule has 0 fully saturated rings. The van der Waals surface area contributed by atoms with Crippen molar-refractivity contribution in [3.63, 3.8) is 0 Å². The summed E-state index contributed by atoms with van der Waals surface area (Å²) in [6.07, 6.45) is 3.24. The fraction of sp³-hybridized carbons (Fsp3) is 0.0625. The minimum atomic E-state index is -0.160. The molecule has 102 valence electrons. The highest BCUT2D eigenvalue weighted by Crippen LogP contribution is 2.17. The molecule has 0 saturated heterocycles. The monoisotopic (exact) mass is 378 g/mol. The van der Waals surface area contributed by atoms with E-state index in [1.165, 1.54) is 11.6 Å². The van der Waals surface area contributed by atoms with Gasteiger partial charge in [-0.2, -0.15) is 0 Å². The van der Waals surface area contributed by atoms with E-state index in [1.54, 1.807) is 6.08 Å². The number of carbonyl (C=O) groups excluding carboxylic acids is 1. The molecule has 0 spiro atoms. The summed E-state index contributed by atoms with van der Waals surface area (Å²) in [6, 6.07) is 13.2. The number of benzene rings is 2. The predicted octanol–water partition coefficient (Wildman–Crippen LogP) is 3.83. The second kappa shape index (κ2) is 6.56. The van der Waals surface area contributed by atoms with Crippen LogP contribution in [0.25, 0.3) is 6.08 Å². The Morgan fingerprint density at radius 1 is 1.25 bits per heavy atom. The Labute approximate surface area is 132 Å². The first-order chi connectivity index (χ1) is 9.54. The lowest BCUT2D eigenvalue weighted by Gasteiger charge is -2.04. The van der Waals surface area contributed by atoms with Gasteiger partial charge in [-0.3, -0.25) is 4.79 Å². The topological polar surface area (TPSA) is 55.1 Å². The predicted molar refractivity (Wildman–Crippen MR) is 92.4 cm³/mol. The van der Waals surface area contributed by atoms with Crippen LogP contribution in [-0.2, 0) is 4.79 Å². The highest BCUT2D eigenvalue weighted by atomic mass is 127. The summed E-state index contributed by atoms with van der Waals surface area (Å²) in [5, 5.41) is 2.83. The van der Waals surface area contributed by atoms with Crippen LogP contribution in [0.1, 0.15) is 11.1 Å². The first kappa shape index (κ1) is 14.6. The van der Waals surface area contributed by atoms with E-state index in [4.69, 9.17) is 5.73 Å². The van der Waals surface area contributed by atoms with E-state index in [1.807, 2.05) is 49.4 Å². The third-order valence-electron chi connectivity index (χ3n) is 2.78. The van der Waals surface area contributed by atoms with Gasteiger partial charge >= 0.3 is 0 Å². The van der Waals surface area contributed by atoms with Gasteiger partial charge in [0, 0.05) is 21.0 Å². The lowest BCUT2D eigenvalue weighted by Crippen LogP contribution is -2.07. The Kier molecular flexibility index (Phi) is 4.79. The molecule has 4 heteroatoms. The third kappa shape index (κ3) is 4.09. The molecule has 0 atom stereocenters. The quantitative estimate of drug-likeness (QED) is 0.485. The van der Waals surface area contributed by atoms with Crippen molar-refractivity contribution in [2.24, 2.45) is 0 Å². The van der Waals surface area contributed by atoms with Gasteiger partial charge in [0.25, 0.3) is 0 Å². The van der Waals surface area contributed by atoms with E-state index < -0.39 is 0 Å². The second-order valence-electron chi connectivity index (χ2n) is 4.46. The first-order valence-electron chi connectivity index (χ1n) is 6.15. The number of nitrogen functional groups attached to an aromatic ring is 1. The number of nitrogens with one attached hydrogen (secondary N) is 1. The molecule has 0 aromatic heterocycles. The normalized spacial score (nSPS) is 10.7. The van der Waals surface area contributed by atoms with Crippen LogP contribution in [0, 0.1) is 10.5 Å². The maximum atomic E-state index is 11.8. The van der Waals surface area contributed by atoms with E-state index >= 15 is 0 Å². The van der Waals surface area contributed by atoms with Gasteiger partial charge in [-0.1, -0.05) is 18.2 Å². The van der Waals surface area contributed by atoms with Gasteiger partial charge in [0.05, 0.1) is 0 Å². The van der Waals surface area contributed by atoms with E-state index in [9.17, 15) is 4.79 Å². The van der Waals surface area contributed by atoms with Crippen molar-refractivity contribution in [1.82, 2.24) is 0 Å². The summed E-state index contributed by atoms with van der Waals surface area (Å²) >= 11 is 2.25. The van der Waals surface area contributed by atoms with Gasteiger partial charge in [0.1, 0.15) is 0 Å². The van der Waals surface area contributed by atoms with E-state index in [-0.39, 0.29) is 5.91 Å². The average Bonchev–Trinajstić information content (AvgIpc) is 2.41. The number of halogens is 1. The van der Waals surface area contributed by atoms with Crippen molar-refractivity contribution in [2.75, 3.05) is 11.1 Å². The highest BCUT2D eigenvalue weighted by Gasteiger charge is 2.00. The van der Waals surface area contributed by atoms with Crippen molar-refractivity contribution in [3.8, 4) is 0 Å². The second-order valence-corrected chi connectivity index (χ2v) is 5.62. The molecule has 0 radical (unpaired) electrons. The van der Waals surface area contributed by atoms with E-state index in [0.29, 0.717) is 5.69 Å². The fourth-order valence-electron chi connectivity index (χ4n) is 1.69. The molecule has 0 saturated carbocycles. The Bertz CT molecular complexity index is 665. The molecule has 2 rings (SSSR count). The lowest BCUT2D eigenvalue weighted by atomic mass is 10.2. The lowest BCUT2D eigenvalue weighted by molar-refractivity contribution is -0.111. The zero-order valence-corrected chi connectivity index (χ0v) is 13.2. The average molecular weight is 378 g/mol. The van der Waals surface area contributed by atoms with Gasteiger partial charge in [-0.05, 0) is 71.0 Å². The molecule has 20 heavy (non-hydrogen) atoms. The number of carbonyl (C=O) groups is 1. The Morgan fingerprint density at radius 3 is 2.75 bits per heavy atom. The van der Waals surface area contributed by atoms with Gasteiger partial charge in [-0.15, -0.1) is 0 Å². The van der Waals surface area contributed by atoms with Crippen LogP contribution in [0.2, 0.25) is 0 Å². The molecule has 2 aromatic rings. The molecule has 0 aliphatic heterocycles. The summed E-state index contributed by atoms with van der Waals surface area (Å²) in [6.45, 7) is 2.03. The van der Waals surface area contributed by atoms with Crippen LogP contribution in [0.15, 0.2) is 48.5 Å². The van der Waals surface area contributed by atoms with Crippen LogP contribution >= 0.6 is 22.6 Å². The Morgan fingerprint density at radius 2 is 2.05 bits per heavy atom. The van der Waals surface area contributed by atoms with Crippen LogP contribution in [0.3, 0.4) is 0 Å². The smallest absolute Gasteiger partial charge is 0.248 e.